The average Bonchev–Trinajstić information content (AvgIpc) is 3.16. The SMILES string of the molecule is C[C@@H](C(=O)N1CCN(c2ccccn2)CC1)c1ccc2c(c1)[nH]c1ccc(Cl)cc12. The number of aromatic nitrogens is 2. The number of aromatic amines is 1. The second kappa shape index (κ2) is 7.65. The van der Waals surface area contributed by atoms with Gasteiger partial charge in [0.05, 0.1) is 5.92 Å². The van der Waals surface area contributed by atoms with Crippen molar-refractivity contribution in [1.29, 1.82) is 0 Å². The van der Waals surface area contributed by atoms with Crippen molar-refractivity contribution in [2.24, 2.45) is 0 Å². The van der Waals surface area contributed by atoms with Gasteiger partial charge in [0.1, 0.15) is 5.82 Å². The van der Waals surface area contributed by atoms with Crippen molar-refractivity contribution in [3.05, 3.63) is 71.4 Å². The third kappa shape index (κ3) is 3.39. The highest BCUT2D eigenvalue weighted by atomic mass is 35.5. The molecule has 5 rings (SSSR count). The number of hydrogen-bond donors (Lipinski definition) is 1. The summed E-state index contributed by atoms with van der Waals surface area (Å²) >= 11 is 6.16. The molecule has 2 aromatic heterocycles. The number of pyridine rings is 1. The Kier molecular flexibility index (Phi) is 4.83. The van der Waals surface area contributed by atoms with Gasteiger partial charge in [0, 0.05) is 59.2 Å². The summed E-state index contributed by atoms with van der Waals surface area (Å²) in [5.74, 6) is 0.960. The minimum atomic E-state index is -0.189. The first-order valence-electron chi connectivity index (χ1n) is 10.3. The maximum atomic E-state index is 13.2. The first-order valence-corrected chi connectivity index (χ1v) is 10.6. The molecule has 6 heteroatoms. The van der Waals surface area contributed by atoms with E-state index in [1.807, 2.05) is 54.4 Å². The van der Waals surface area contributed by atoms with E-state index in [0.717, 1.165) is 51.3 Å². The molecular weight excluding hydrogens is 396 g/mol. The van der Waals surface area contributed by atoms with Gasteiger partial charge in [-0.05, 0) is 48.9 Å². The van der Waals surface area contributed by atoms with Crippen LogP contribution in [0.3, 0.4) is 0 Å². The van der Waals surface area contributed by atoms with Crippen LogP contribution in [0.15, 0.2) is 60.8 Å². The van der Waals surface area contributed by atoms with Gasteiger partial charge in [-0.25, -0.2) is 4.98 Å². The highest BCUT2D eigenvalue weighted by Crippen LogP contribution is 2.30. The molecule has 30 heavy (non-hydrogen) atoms. The summed E-state index contributed by atoms with van der Waals surface area (Å²) in [5, 5.41) is 2.95. The molecule has 1 aliphatic rings. The molecule has 1 aliphatic heterocycles. The molecule has 1 fully saturated rings. The molecule has 1 amide bonds. The van der Waals surface area contributed by atoms with Gasteiger partial charge in [0.25, 0.3) is 0 Å². The van der Waals surface area contributed by atoms with E-state index in [9.17, 15) is 4.79 Å². The quantitative estimate of drug-likeness (QED) is 0.518. The molecule has 3 heterocycles. The maximum absolute atomic E-state index is 13.2. The fourth-order valence-electron chi connectivity index (χ4n) is 4.28. The van der Waals surface area contributed by atoms with Crippen molar-refractivity contribution in [3.63, 3.8) is 0 Å². The van der Waals surface area contributed by atoms with Crippen LogP contribution in [0.4, 0.5) is 5.82 Å². The van der Waals surface area contributed by atoms with Gasteiger partial charge < -0.3 is 14.8 Å². The van der Waals surface area contributed by atoms with Gasteiger partial charge in [-0.3, -0.25) is 4.79 Å². The van der Waals surface area contributed by atoms with Crippen LogP contribution in [0.1, 0.15) is 18.4 Å². The third-order valence-corrected chi connectivity index (χ3v) is 6.25. The van der Waals surface area contributed by atoms with E-state index in [2.05, 4.69) is 33.1 Å². The molecule has 0 bridgehead atoms. The van der Waals surface area contributed by atoms with E-state index in [1.165, 1.54) is 0 Å². The molecule has 0 spiro atoms. The number of anilines is 1. The van der Waals surface area contributed by atoms with Crippen LogP contribution in [0, 0.1) is 0 Å². The number of nitrogens with one attached hydrogen (secondary N) is 1. The van der Waals surface area contributed by atoms with Crippen LogP contribution in [0.2, 0.25) is 5.02 Å². The van der Waals surface area contributed by atoms with Crippen LogP contribution in [-0.2, 0) is 4.79 Å². The Bertz CT molecular complexity index is 1210. The third-order valence-electron chi connectivity index (χ3n) is 6.02. The van der Waals surface area contributed by atoms with E-state index in [-0.39, 0.29) is 11.8 Å². The molecule has 1 saturated heterocycles. The Balaban J connectivity index is 1.33. The number of nitrogens with zero attached hydrogens (tertiary/aromatic N) is 3. The Morgan fingerprint density at radius 1 is 1.00 bits per heavy atom. The zero-order valence-corrected chi connectivity index (χ0v) is 17.6. The summed E-state index contributed by atoms with van der Waals surface area (Å²) in [6.07, 6.45) is 1.81. The molecule has 2 aromatic carbocycles. The van der Waals surface area contributed by atoms with E-state index < -0.39 is 0 Å². The monoisotopic (exact) mass is 418 g/mol. The topological polar surface area (TPSA) is 52.2 Å². The van der Waals surface area contributed by atoms with E-state index in [4.69, 9.17) is 11.6 Å². The summed E-state index contributed by atoms with van der Waals surface area (Å²) in [4.78, 5) is 25.2. The summed E-state index contributed by atoms with van der Waals surface area (Å²) in [7, 11) is 0. The second-order valence-electron chi connectivity index (χ2n) is 7.84. The normalized spacial score (nSPS) is 15.7. The summed E-state index contributed by atoms with van der Waals surface area (Å²) in [6, 6.07) is 18.0. The highest BCUT2D eigenvalue weighted by molar-refractivity contribution is 6.31. The first kappa shape index (κ1) is 18.9. The van der Waals surface area contributed by atoms with Crippen LogP contribution in [-0.4, -0.2) is 47.0 Å². The number of hydrogen-bond acceptors (Lipinski definition) is 3. The van der Waals surface area contributed by atoms with E-state index in [0.29, 0.717) is 13.1 Å². The highest BCUT2D eigenvalue weighted by Gasteiger charge is 2.26. The van der Waals surface area contributed by atoms with Crippen molar-refractivity contribution in [1.82, 2.24) is 14.9 Å². The summed E-state index contributed by atoms with van der Waals surface area (Å²) in [6.45, 7) is 5.03. The molecule has 0 aliphatic carbocycles. The van der Waals surface area contributed by atoms with Gasteiger partial charge >= 0.3 is 0 Å². The van der Waals surface area contributed by atoms with Crippen LogP contribution in [0.5, 0.6) is 0 Å². The minimum Gasteiger partial charge on any atom is -0.355 e. The van der Waals surface area contributed by atoms with Gasteiger partial charge in [-0.1, -0.05) is 29.8 Å². The lowest BCUT2D eigenvalue weighted by Gasteiger charge is -2.36. The number of piperazine rings is 1. The number of fused-ring (bicyclic) bond motifs is 3. The number of rotatable bonds is 3. The van der Waals surface area contributed by atoms with Gasteiger partial charge in [0.2, 0.25) is 5.91 Å². The molecule has 0 radical (unpaired) electrons. The molecule has 1 atom stereocenters. The van der Waals surface area contributed by atoms with Crippen molar-refractivity contribution >= 4 is 45.1 Å². The van der Waals surface area contributed by atoms with Crippen LogP contribution >= 0.6 is 11.6 Å². The Morgan fingerprint density at radius 2 is 1.83 bits per heavy atom. The molecule has 1 N–H and O–H groups in total. The first-order chi connectivity index (χ1) is 14.6. The lowest BCUT2D eigenvalue weighted by molar-refractivity contribution is -0.132. The van der Waals surface area contributed by atoms with E-state index >= 15 is 0 Å². The van der Waals surface area contributed by atoms with Crippen molar-refractivity contribution in [2.45, 2.75) is 12.8 Å². The predicted molar refractivity (Wildman–Crippen MR) is 122 cm³/mol. The lowest BCUT2D eigenvalue weighted by atomic mass is 9.97. The van der Waals surface area contributed by atoms with Gasteiger partial charge in [-0.2, -0.15) is 0 Å². The van der Waals surface area contributed by atoms with Gasteiger partial charge in [0.15, 0.2) is 0 Å². The zero-order chi connectivity index (χ0) is 20.7. The van der Waals surface area contributed by atoms with Crippen molar-refractivity contribution in [3.8, 4) is 0 Å². The smallest absolute Gasteiger partial charge is 0.229 e. The largest absolute Gasteiger partial charge is 0.355 e. The molecule has 4 aromatic rings. The maximum Gasteiger partial charge on any atom is 0.229 e. The number of halogens is 1. The molecule has 5 nitrogen and oxygen atoms in total. The van der Waals surface area contributed by atoms with Crippen LogP contribution in [0.25, 0.3) is 21.8 Å². The zero-order valence-electron chi connectivity index (χ0n) is 16.8. The minimum absolute atomic E-state index is 0.175. The number of benzene rings is 2. The van der Waals surface area contributed by atoms with Gasteiger partial charge in [-0.15, -0.1) is 0 Å². The van der Waals surface area contributed by atoms with Crippen molar-refractivity contribution < 1.29 is 4.79 Å². The Hall–Kier alpha value is -3.05. The molecular formula is C24H23ClN4O. The fraction of sp³-hybridized carbons (Fsp3) is 0.250. The number of amides is 1. The number of carbonyl (C=O) groups is 1. The molecule has 0 unspecified atom stereocenters. The Labute approximate surface area is 180 Å². The summed E-state index contributed by atoms with van der Waals surface area (Å²) < 4.78 is 0. The Morgan fingerprint density at radius 3 is 2.60 bits per heavy atom. The van der Waals surface area contributed by atoms with E-state index in [1.54, 1.807) is 0 Å². The summed E-state index contributed by atoms with van der Waals surface area (Å²) in [5.41, 5.74) is 3.11. The molecule has 152 valence electrons. The predicted octanol–water partition coefficient (Wildman–Crippen LogP) is 4.82. The number of carbonyl (C=O) groups excluding carboxylic acids is 1. The average molecular weight is 419 g/mol. The lowest BCUT2D eigenvalue weighted by Crippen LogP contribution is -2.50. The second-order valence-corrected chi connectivity index (χ2v) is 8.28. The fourth-order valence-corrected chi connectivity index (χ4v) is 4.45. The standard InChI is InChI=1S/C24H23ClN4O/c1-16(24(30)29-12-10-28(11-13-29)23-4-2-3-9-26-23)17-5-7-19-20-15-18(25)6-8-21(20)27-22(19)14-17/h2-9,14-16,27H,10-13H2,1H3/t16-/m1/s1. The van der Waals surface area contributed by atoms with Crippen molar-refractivity contribution in [2.75, 3.05) is 31.1 Å². The van der Waals surface area contributed by atoms with Crippen LogP contribution < -0.4 is 4.90 Å². The number of H-pyrrole nitrogens is 1. The molecule has 0 saturated carbocycles.